The van der Waals surface area contributed by atoms with Crippen molar-refractivity contribution in [3.8, 4) is 0 Å². The summed E-state index contributed by atoms with van der Waals surface area (Å²) in [7, 11) is 0. The molecule has 0 spiro atoms. The van der Waals surface area contributed by atoms with Gasteiger partial charge < -0.3 is 10.2 Å². The maximum atomic E-state index is 5.70. The average molecular weight is 250 g/mol. The molecule has 5 nitrogen and oxygen atoms in total. The third-order valence-corrected chi connectivity index (χ3v) is 3.24. The molecule has 1 aromatic heterocycles. The van der Waals surface area contributed by atoms with Crippen molar-refractivity contribution in [1.82, 2.24) is 9.88 Å². The molecule has 0 radical (unpaired) electrons. The molecular weight excluding hydrogens is 228 g/mol. The van der Waals surface area contributed by atoms with Crippen molar-refractivity contribution < 1.29 is 4.74 Å². The van der Waals surface area contributed by atoms with E-state index in [0.717, 1.165) is 26.2 Å². The van der Waals surface area contributed by atoms with Crippen molar-refractivity contribution in [1.29, 1.82) is 0 Å². The van der Waals surface area contributed by atoms with E-state index in [2.05, 4.69) is 28.3 Å². The molecule has 5 heteroatoms. The van der Waals surface area contributed by atoms with E-state index >= 15 is 0 Å². The number of nitrogens with two attached hydrogens (primary N) is 1. The first kappa shape index (κ1) is 13.3. The van der Waals surface area contributed by atoms with Gasteiger partial charge in [-0.1, -0.05) is 6.07 Å². The van der Waals surface area contributed by atoms with Crippen LogP contribution in [0.3, 0.4) is 0 Å². The summed E-state index contributed by atoms with van der Waals surface area (Å²) in [5.74, 6) is 5.99. The van der Waals surface area contributed by atoms with Gasteiger partial charge in [0.05, 0.1) is 6.10 Å². The van der Waals surface area contributed by atoms with Gasteiger partial charge in [-0.25, -0.2) is 10.8 Å². The Morgan fingerprint density at radius 2 is 2.44 bits per heavy atom. The summed E-state index contributed by atoms with van der Waals surface area (Å²) in [5, 5.41) is 0. The number of anilines is 1. The van der Waals surface area contributed by atoms with Crippen LogP contribution in [0.25, 0.3) is 0 Å². The largest absolute Gasteiger partial charge is 0.377 e. The summed E-state index contributed by atoms with van der Waals surface area (Å²) in [6, 6.07) is 3.96. The van der Waals surface area contributed by atoms with Crippen LogP contribution in [0.5, 0.6) is 0 Å². The van der Waals surface area contributed by atoms with Crippen LogP contribution in [0.4, 0.5) is 5.82 Å². The number of nitrogens with zero attached hydrogens (tertiary/aromatic N) is 2. The van der Waals surface area contributed by atoms with Gasteiger partial charge in [-0.2, -0.15) is 0 Å². The summed E-state index contributed by atoms with van der Waals surface area (Å²) in [4.78, 5) is 6.65. The van der Waals surface area contributed by atoms with Gasteiger partial charge in [-0.3, -0.25) is 4.90 Å². The normalized spacial score (nSPS) is 20.9. The highest BCUT2D eigenvalue weighted by molar-refractivity contribution is 5.33. The molecule has 1 aliphatic heterocycles. The lowest BCUT2D eigenvalue weighted by atomic mass is 10.1. The molecule has 0 saturated carbocycles. The summed E-state index contributed by atoms with van der Waals surface area (Å²) in [6.07, 6.45) is 4.65. The SMILES string of the molecule is CCOC1CCCN(Cc2ccc(NN)nc2)C1. The number of rotatable bonds is 5. The summed E-state index contributed by atoms with van der Waals surface area (Å²) < 4.78 is 5.70. The fraction of sp³-hybridized carbons (Fsp3) is 0.615. The Kier molecular flexibility index (Phi) is 4.92. The molecule has 1 unspecified atom stereocenters. The van der Waals surface area contributed by atoms with Crippen LogP contribution in [-0.2, 0) is 11.3 Å². The monoisotopic (exact) mass is 250 g/mol. The minimum atomic E-state index is 0.390. The van der Waals surface area contributed by atoms with Crippen molar-refractivity contribution in [3.63, 3.8) is 0 Å². The van der Waals surface area contributed by atoms with Crippen molar-refractivity contribution in [2.24, 2.45) is 5.84 Å². The average Bonchev–Trinajstić information content (AvgIpc) is 2.40. The van der Waals surface area contributed by atoms with Gasteiger partial charge in [0.2, 0.25) is 0 Å². The van der Waals surface area contributed by atoms with Crippen molar-refractivity contribution in [3.05, 3.63) is 23.9 Å². The van der Waals surface area contributed by atoms with Crippen molar-refractivity contribution in [2.75, 3.05) is 25.1 Å². The number of ether oxygens (including phenoxy) is 1. The predicted molar refractivity (Wildman–Crippen MR) is 72.0 cm³/mol. The molecule has 1 fully saturated rings. The summed E-state index contributed by atoms with van der Waals surface area (Å²) >= 11 is 0. The van der Waals surface area contributed by atoms with E-state index in [1.165, 1.54) is 18.4 Å². The Hall–Kier alpha value is -1.17. The Morgan fingerprint density at radius 1 is 1.56 bits per heavy atom. The maximum Gasteiger partial charge on any atom is 0.139 e. The van der Waals surface area contributed by atoms with Crippen LogP contribution in [-0.4, -0.2) is 35.7 Å². The van der Waals surface area contributed by atoms with Gasteiger partial charge in [0.15, 0.2) is 0 Å². The number of nitrogen functional groups attached to an aromatic ring is 1. The Balaban J connectivity index is 1.87. The Morgan fingerprint density at radius 3 is 3.11 bits per heavy atom. The van der Waals surface area contributed by atoms with Gasteiger partial charge >= 0.3 is 0 Å². The molecule has 2 heterocycles. The Bertz CT molecular complexity index is 353. The number of likely N-dealkylation sites (tertiary alicyclic amines) is 1. The highest BCUT2D eigenvalue weighted by atomic mass is 16.5. The maximum absolute atomic E-state index is 5.70. The number of hydrogen-bond donors (Lipinski definition) is 2. The smallest absolute Gasteiger partial charge is 0.139 e. The molecule has 0 aromatic carbocycles. The van der Waals surface area contributed by atoms with Crippen LogP contribution < -0.4 is 11.3 Å². The molecule has 100 valence electrons. The third-order valence-electron chi connectivity index (χ3n) is 3.24. The van der Waals surface area contributed by atoms with Crippen molar-refractivity contribution >= 4 is 5.82 Å². The molecule has 1 atom stereocenters. The van der Waals surface area contributed by atoms with Crippen LogP contribution in [0.15, 0.2) is 18.3 Å². The lowest BCUT2D eigenvalue weighted by molar-refractivity contribution is 0.00361. The quantitative estimate of drug-likeness (QED) is 0.610. The van der Waals surface area contributed by atoms with Gasteiger partial charge in [0.25, 0.3) is 0 Å². The standard InChI is InChI=1S/C13H22N4O/c1-2-18-12-4-3-7-17(10-12)9-11-5-6-13(16-14)15-8-11/h5-6,8,12H,2-4,7,9-10,14H2,1H3,(H,15,16). The number of nitrogens with one attached hydrogen (secondary N) is 1. The first-order valence-corrected chi connectivity index (χ1v) is 6.57. The highest BCUT2D eigenvalue weighted by Gasteiger charge is 2.19. The lowest BCUT2D eigenvalue weighted by Crippen LogP contribution is -2.39. The van der Waals surface area contributed by atoms with Crippen LogP contribution in [0.2, 0.25) is 0 Å². The minimum Gasteiger partial charge on any atom is -0.377 e. The van der Waals surface area contributed by atoms with Gasteiger partial charge in [0, 0.05) is 25.9 Å². The topological polar surface area (TPSA) is 63.4 Å². The molecule has 0 amide bonds. The third kappa shape index (κ3) is 3.66. The number of aromatic nitrogens is 1. The Labute approximate surface area is 108 Å². The molecule has 18 heavy (non-hydrogen) atoms. The van der Waals surface area contributed by atoms with E-state index in [0.29, 0.717) is 11.9 Å². The fourth-order valence-corrected chi connectivity index (χ4v) is 2.39. The zero-order valence-corrected chi connectivity index (χ0v) is 10.9. The van der Waals surface area contributed by atoms with E-state index in [1.807, 2.05) is 12.3 Å². The number of hydrogen-bond acceptors (Lipinski definition) is 5. The first-order chi connectivity index (χ1) is 8.81. The zero-order valence-electron chi connectivity index (χ0n) is 10.9. The molecule has 3 N–H and O–H groups in total. The summed E-state index contributed by atoms with van der Waals surface area (Å²) in [6.45, 7) is 5.95. The van der Waals surface area contributed by atoms with Gasteiger partial charge in [0.1, 0.15) is 5.82 Å². The highest BCUT2D eigenvalue weighted by Crippen LogP contribution is 2.16. The number of piperidine rings is 1. The molecule has 0 aliphatic carbocycles. The molecule has 0 bridgehead atoms. The van der Waals surface area contributed by atoms with Crippen molar-refractivity contribution in [2.45, 2.75) is 32.4 Å². The molecular formula is C13H22N4O. The lowest BCUT2D eigenvalue weighted by Gasteiger charge is -2.32. The van der Waals surface area contributed by atoms with Gasteiger partial charge in [-0.15, -0.1) is 0 Å². The van der Waals surface area contributed by atoms with Crippen LogP contribution in [0.1, 0.15) is 25.3 Å². The van der Waals surface area contributed by atoms with Crippen LogP contribution >= 0.6 is 0 Å². The minimum absolute atomic E-state index is 0.390. The number of pyridine rings is 1. The summed E-state index contributed by atoms with van der Waals surface area (Å²) in [5.41, 5.74) is 3.75. The predicted octanol–water partition coefficient (Wildman–Crippen LogP) is 1.37. The molecule has 1 aromatic rings. The zero-order chi connectivity index (χ0) is 12.8. The second kappa shape index (κ2) is 6.68. The van der Waals surface area contributed by atoms with Crippen LogP contribution in [0, 0.1) is 0 Å². The fourth-order valence-electron chi connectivity index (χ4n) is 2.39. The van der Waals surface area contributed by atoms with E-state index in [-0.39, 0.29) is 0 Å². The van der Waals surface area contributed by atoms with E-state index in [4.69, 9.17) is 10.6 Å². The first-order valence-electron chi connectivity index (χ1n) is 6.57. The molecule has 1 aliphatic rings. The van der Waals surface area contributed by atoms with E-state index < -0.39 is 0 Å². The second-order valence-electron chi connectivity index (χ2n) is 4.65. The van der Waals surface area contributed by atoms with E-state index in [1.54, 1.807) is 0 Å². The molecule has 1 saturated heterocycles. The number of hydrazine groups is 1. The van der Waals surface area contributed by atoms with Gasteiger partial charge in [-0.05, 0) is 37.9 Å². The second-order valence-corrected chi connectivity index (χ2v) is 4.65. The van der Waals surface area contributed by atoms with E-state index in [9.17, 15) is 0 Å². The molecule has 2 rings (SSSR count).